The molecule has 1 aliphatic rings. The van der Waals surface area contributed by atoms with Gasteiger partial charge in [0.25, 0.3) is 0 Å². The zero-order valence-corrected chi connectivity index (χ0v) is 14.3. The number of carbonyl (C=O) groups is 1. The summed E-state index contributed by atoms with van der Waals surface area (Å²) in [4.78, 5) is 26.3. The minimum Gasteiger partial charge on any atom is -0.478 e. The summed E-state index contributed by atoms with van der Waals surface area (Å²) in [6.07, 6.45) is 1.26. The Kier molecular flexibility index (Phi) is 5.86. The maximum absolute atomic E-state index is 12.1. The van der Waals surface area contributed by atoms with Crippen LogP contribution in [0.25, 0.3) is 0 Å². The molecule has 7 heteroatoms. The van der Waals surface area contributed by atoms with E-state index in [1.165, 1.54) is 12.3 Å². The van der Waals surface area contributed by atoms with Crippen LogP contribution in [0.15, 0.2) is 45.8 Å². The van der Waals surface area contributed by atoms with Gasteiger partial charge in [0.2, 0.25) is 11.2 Å². The van der Waals surface area contributed by atoms with Gasteiger partial charge in [0.1, 0.15) is 12.0 Å². The van der Waals surface area contributed by atoms with Crippen molar-refractivity contribution in [1.82, 2.24) is 4.90 Å². The molecule has 1 aliphatic heterocycles. The van der Waals surface area contributed by atoms with Crippen molar-refractivity contribution in [3.63, 3.8) is 0 Å². The quantitative estimate of drug-likeness (QED) is 0.734. The predicted octanol–water partition coefficient (Wildman–Crippen LogP) is 2.39. The van der Waals surface area contributed by atoms with Crippen LogP contribution in [-0.4, -0.2) is 43.6 Å². The first kappa shape index (κ1) is 17.7. The third-order valence-electron chi connectivity index (χ3n) is 3.86. The van der Waals surface area contributed by atoms with Crippen LogP contribution in [0, 0.1) is 0 Å². The highest BCUT2D eigenvalue weighted by Gasteiger charge is 2.14. The third-order valence-corrected chi connectivity index (χ3v) is 4.11. The Bertz CT molecular complexity index is 781. The molecule has 1 aromatic carbocycles. The number of benzene rings is 1. The summed E-state index contributed by atoms with van der Waals surface area (Å²) in [5, 5.41) is 0.550. The summed E-state index contributed by atoms with van der Waals surface area (Å²) in [6.45, 7) is 3.27. The Hall–Kier alpha value is -2.15. The van der Waals surface area contributed by atoms with Gasteiger partial charge in [-0.05, 0) is 24.3 Å². The van der Waals surface area contributed by atoms with Gasteiger partial charge in [-0.3, -0.25) is 14.5 Å². The van der Waals surface area contributed by atoms with Crippen molar-refractivity contribution in [1.29, 1.82) is 0 Å². The standard InChI is InChI=1S/C18H18ClNO5/c19-14-3-1-13(2-4-14)17(22)11-25-18-12-24-15(9-16(18)21)10-20-5-7-23-8-6-20/h1-4,9,12H,5-8,10-11H2. The topological polar surface area (TPSA) is 69.0 Å². The maximum Gasteiger partial charge on any atom is 0.227 e. The highest BCUT2D eigenvalue weighted by molar-refractivity contribution is 6.30. The maximum atomic E-state index is 12.1. The molecule has 3 rings (SSSR count). The summed E-state index contributed by atoms with van der Waals surface area (Å²) in [5.74, 6) is 0.338. The molecular formula is C18H18ClNO5. The molecule has 0 unspecified atom stereocenters. The largest absolute Gasteiger partial charge is 0.478 e. The van der Waals surface area contributed by atoms with Gasteiger partial charge in [-0.15, -0.1) is 0 Å². The molecule has 6 nitrogen and oxygen atoms in total. The second-order valence-electron chi connectivity index (χ2n) is 5.68. The monoisotopic (exact) mass is 363 g/mol. The highest BCUT2D eigenvalue weighted by Crippen LogP contribution is 2.12. The summed E-state index contributed by atoms with van der Waals surface area (Å²) < 4.78 is 16.0. The molecule has 0 radical (unpaired) electrons. The molecule has 0 bridgehead atoms. The van der Waals surface area contributed by atoms with Crippen molar-refractivity contribution in [2.45, 2.75) is 6.54 Å². The molecule has 0 amide bonds. The molecule has 0 N–H and O–H groups in total. The Morgan fingerprint density at radius 2 is 1.92 bits per heavy atom. The molecule has 2 aromatic rings. The van der Waals surface area contributed by atoms with E-state index in [-0.39, 0.29) is 23.6 Å². The first-order chi connectivity index (χ1) is 12.1. The molecule has 1 saturated heterocycles. The first-order valence-corrected chi connectivity index (χ1v) is 8.33. The summed E-state index contributed by atoms with van der Waals surface area (Å²) in [7, 11) is 0. The van der Waals surface area contributed by atoms with Crippen LogP contribution < -0.4 is 10.2 Å². The number of carbonyl (C=O) groups excluding carboxylic acids is 1. The van der Waals surface area contributed by atoms with E-state index in [9.17, 15) is 9.59 Å². The SMILES string of the molecule is O=C(COc1coc(CN2CCOCC2)cc1=O)c1ccc(Cl)cc1. The normalized spacial score (nSPS) is 15.1. The molecule has 1 fully saturated rings. The van der Waals surface area contributed by atoms with Crippen LogP contribution in [0.1, 0.15) is 16.1 Å². The van der Waals surface area contributed by atoms with Crippen molar-refractivity contribution in [3.8, 4) is 5.75 Å². The molecule has 0 aliphatic carbocycles. The fourth-order valence-electron chi connectivity index (χ4n) is 2.47. The Balaban J connectivity index is 1.58. The van der Waals surface area contributed by atoms with Gasteiger partial charge in [0.05, 0.1) is 19.8 Å². The van der Waals surface area contributed by atoms with Crippen molar-refractivity contribution >= 4 is 17.4 Å². The zero-order valence-electron chi connectivity index (χ0n) is 13.6. The first-order valence-electron chi connectivity index (χ1n) is 7.95. The molecule has 25 heavy (non-hydrogen) atoms. The van der Waals surface area contributed by atoms with Crippen molar-refractivity contribution in [2.24, 2.45) is 0 Å². The lowest BCUT2D eigenvalue weighted by Crippen LogP contribution is -2.35. The zero-order chi connectivity index (χ0) is 17.6. The second-order valence-corrected chi connectivity index (χ2v) is 6.12. The lowest BCUT2D eigenvalue weighted by Gasteiger charge is -2.25. The number of ketones is 1. The molecule has 0 spiro atoms. The van der Waals surface area contributed by atoms with Gasteiger partial charge >= 0.3 is 0 Å². The average molecular weight is 364 g/mol. The predicted molar refractivity (Wildman–Crippen MR) is 92.4 cm³/mol. The number of hydrogen-bond acceptors (Lipinski definition) is 6. The summed E-state index contributed by atoms with van der Waals surface area (Å²) in [6, 6.07) is 7.88. The van der Waals surface area contributed by atoms with Crippen LogP contribution in [0.5, 0.6) is 5.75 Å². The van der Waals surface area contributed by atoms with Crippen LogP contribution in [0.2, 0.25) is 5.02 Å². The smallest absolute Gasteiger partial charge is 0.227 e. The Morgan fingerprint density at radius 1 is 1.20 bits per heavy atom. The second kappa shape index (κ2) is 8.29. The fourth-order valence-corrected chi connectivity index (χ4v) is 2.59. The van der Waals surface area contributed by atoms with E-state index >= 15 is 0 Å². The minimum atomic E-state index is -0.307. The van der Waals surface area contributed by atoms with Crippen molar-refractivity contribution < 1.29 is 18.7 Å². The van der Waals surface area contributed by atoms with E-state index in [0.717, 1.165) is 13.1 Å². The minimum absolute atomic E-state index is 0.0213. The van der Waals surface area contributed by atoms with Gasteiger partial charge < -0.3 is 13.9 Å². The number of ether oxygens (including phenoxy) is 2. The highest BCUT2D eigenvalue weighted by atomic mass is 35.5. The van der Waals surface area contributed by atoms with Gasteiger partial charge in [-0.1, -0.05) is 11.6 Å². The fraction of sp³-hybridized carbons (Fsp3) is 0.333. The Morgan fingerprint density at radius 3 is 2.60 bits per heavy atom. The van der Waals surface area contributed by atoms with Crippen molar-refractivity contribution in [3.05, 3.63) is 63.2 Å². The van der Waals surface area contributed by atoms with Gasteiger partial charge in [-0.2, -0.15) is 0 Å². The third kappa shape index (κ3) is 4.92. The molecule has 0 atom stereocenters. The van der Waals surface area contributed by atoms with E-state index in [1.54, 1.807) is 24.3 Å². The molecule has 0 saturated carbocycles. The van der Waals surface area contributed by atoms with E-state index in [1.807, 2.05) is 0 Å². The molecule has 2 heterocycles. The summed E-state index contributed by atoms with van der Waals surface area (Å²) >= 11 is 5.79. The number of morpholine rings is 1. The van der Waals surface area contributed by atoms with Crippen LogP contribution >= 0.6 is 11.6 Å². The number of Topliss-reactive ketones (excluding diaryl/α,β-unsaturated/α-hetero) is 1. The van der Waals surface area contributed by atoms with Crippen LogP contribution in [0.4, 0.5) is 0 Å². The number of halogens is 1. The summed E-state index contributed by atoms with van der Waals surface area (Å²) in [5.41, 5.74) is 0.163. The number of nitrogens with zero attached hydrogens (tertiary/aromatic N) is 1. The van der Waals surface area contributed by atoms with Crippen LogP contribution in [-0.2, 0) is 11.3 Å². The van der Waals surface area contributed by atoms with Gasteiger partial charge in [0, 0.05) is 29.7 Å². The van der Waals surface area contributed by atoms with E-state index in [0.29, 0.717) is 36.1 Å². The number of rotatable bonds is 6. The number of hydrogen-bond donors (Lipinski definition) is 0. The van der Waals surface area contributed by atoms with E-state index < -0.39 is 0 Å². The van der Waals surface area contributed by atoms with E-state index in [2.05, 4.69) is 4.90 Å². The average Bonchev–Trinajstić information content (AvgIpc) is 2.62. The lowest BCUT2D eigenvalue weighted by atomic mass is 10.1. The Labute approximate surface area is 149 Å². The van der Waals surface area contributed by atoms with Gasteiger partial charge in [0.15, 0.2) is 12.4 Å². The van der Waals surface area contributed by atoms with Gasteiger partial charge in [-0.25, -0.2) is 0 Å². The molecule has 1 aromatic heterocycles. The molecular weight excluding hydrogens is 346 g/mol. The van der Waals surface area contributed by atoms with Crippen LogP contribution in [0.3, 0.4) is 0 Å². The van der Waals surface area contributed by atoms with E-state index in [4.69, 9.17) is 25.5 Å². The lowest BCUT2D eigenvalue weighted by molar-refractivity contribution is 0.0310. The molecule has 132 valence electrons. The van der Waals surface area contributed by atoms with Crippen molar-refractivity contribution in [2.75, 3.05) is 32.9 Å².